The summed E-state index contributed by atoms with van der Waals surface area (Å²) >= 11 is 7.23. The number of benzene rings is 2. The Balaban J connectivity index is 1.59. The molecule has 1 atom stereocenters. The van der Waals surface area contributed by atoms with E-state index in [1.54, 1.807) is 13.0 Å². The molecule has 0 aromatic heterocycles. The van der Waals surface area contributed by atoms with Crippen LogP contribution in [0.25, 0.3) is 0 Å². The Bertz CT molecular complexity index is 976. The van der Waals surface area contributed by atoms with Gasteiger partial charge in [-0.15, -0.1) is 11.8 Å². The second-order valence-corrected chi connectivity index (χ2v) is 9.42. The van der Waals surface area contributed by atoms with E-state index in [9.17, 15) is 14.4 Å². The highest BCUT2D eigenvalue weighted by molar-refractivity contribution is 8.00. The number of amides is 2. The molecule has 0 radical (unpaired) electrons. The van der Waals surface area contributed by atoms with E-state index < -0.39 is 11.2 Å². The van der Waals surface area contributed by atoms with Gasteiger partial charge in [0.25, 0.3) is 0 Å². The van der Waals surface area contributed by atoms with Crippen LogP contribution < -0.4 is 10.6 Å². The van der Waals surface area contributed by atoms with Crippen molar-refractivity contribution >= 4 is 52.5 Å². The molecule has 1 aliphatic rings. The maximum Gasteiger partial charge on any atom is 0.337 e. The highest BCUT2D eigenvalue weighted by atomic mass is 35.5. The smallest absolute Gasteiger partial charge is 0.337 e. The van der Waals surface area contributed by atoms with Crippen LogP contribution in [0.1, 0.15) is 49.4 Å². The Morgan fingerprint density at radius 2 is 1.74 bits per heavy atom. The summed E-state index contributed by atoms with van der Waals surface area (Å²) in [7, 11) is 0. The molecule has 0 heterocycles. The lowest BCUT2D eigenvalue weighted by Gasteiger charge is -2.21. The molecule has 3 rings (SSSR count). The first-order valence-electron chi connectivity index (χ1n) is 10.2. The first kappa shape index (κ1) is 23.2. The molecule has 2 aromatic rings. The van der Waals surface area contributed by atoms with Crippen molar-refractivity contribution in [3.63, 3.8) is 0 Å². The number of hydrogen-bond acceptors (Lipinski definition) is 4. The summed E-state index contributed by atoms with van der Waals surface area (Å²) < 4.78 is 0. The predicted molar refractivity (Wildman–Crippen MR) is 124 cm³/mol. The quantitative estimate of drug-likeness (QED) is 0.462. The fourth-order valence-electron chi connectivity index (χ4n) is 3.52. The van der Waals surface area contributed by atoms with Crippen LogP contribution >= 0.6 is 23.4 Å². The molecular formula is C23H25ClN2O4S. The molecule has 6 nitrogen and oxygen atoms in total. The van der Waals surface area contributed by atoms with Gasteiger partial charge in [0, 0.05) is 22.2 Å². The number of carbonyl (C=O) groups is 3. The lowest BCUT2D eigenvalue weighted by molar-refractivity contribution is -0.120. The van der Waals surface area contributed by atoms with Crippen LogP contribution in [0.15, 0.2) is 47.4 Å². The molecule has 0 saturated heterocycles. The molecule has 0 spiro atoms. The van der Waals surface area contributed by atoms with Crippen LogP contribution in [0.3, 0.4) is 0 Å². The summed E-state index contributed by atoms with van der Waals surface area (Å²) in [5.41, 5.74) is 1.02. The number of aromatic carboxylic acids is 1. The van der Waals surface area contributed by atoms with Gasteiger partial charge in [0.15, 0.2) is 0 Å². The van der Waals surface area contributed by atoms with Crippen molar-refractivity contribution in [1.29, 1.82) is 0 Å². The van der Waals surface area contributed by atoms with Crippen LogP contribution in [0.5, 0.6) is 0 Å². The number of halogens is 1. The maximum absolute atomic E-state index is 12.6. The minimum Gasteiger partial charge on any atom is -0.478 e. The van der Waals surface area contributed by atoms with Gasteiger partial charge in [-0.25, -0.2) is 4.79 Å². The molecule has 31 heavy (non-hydrogen) atoms. The number of carbonyl (C=O) groups excluding carboxylic acids is 2. The van der Waals surface area contributed by atoms with Gasteiger partial charge < -0.3 is 15.7 Å². The normalized spacial score (nSPS) is 15.2. The molecule has 1 aliphatic carbocycles. The van der Waals surface area contributed by atoms with Gasteiger partial charge in [-0.1, -0.05) is 36.9 Å². The largest absolute Gasteiger partial charge is 0.478 e. The van der Waals surface area contributed by atoms with Gasteiger partial charge in [0.05, 0.1) is 15.8 Å². The zero-order chi connectivity index (χ0) is 22.4. The third-order valence-corrected chi connectivity index (χ3v) is 6.65. The number of hydrogen-bond donors (Lipinski definition) is 3. The molecule has 1 fully saturated rings. The average Bonchev–Trinajstić information content (AvgIpc) is 2.75. The fraction of sp³-hybridized carbons (Fsp3) is 0.348. The van der Waals surface area contributed by atoms with E-state index in [1.807, 2.05) is 24.3 Å². The van der Waals surface area contributed by atoms with E-state index >= 15 is 0 Å². The van der Waals surface area contributed by atoms with Crippen molar-refractivity contribution in [3.05, 3.63) is 53.1 Å². The highest BCUT2D eigenvalue weighted by Crippen LogP contribution is 2.29. The molecule has 2 amide bonds. The Morgan fingerprint density at radius 1 is 1.03 bits per heavy atom. The lowest BCUT2D eigenvalue weighted by Crippen LogP contribution is -2.24. The maximum atomic E-state index is 12.6. The van der Waals surface area contributed by atoms with Gasteiger partial charge in [0.2, 0.25) is 11.8 Å². The van der Waals surface area contributed by atoms with Gasteiger partial charge in [-0.3, -0.25) is 9.59 Å². The molecule has 2 aromatic carbocycles. The van der Waals surface area contributed by atoms with E-state index in [2.05, 4.69) is 10.6 Å². The van der Waals surface area contributed by atoms with Crippen molar-refractivity contribution in [2.45, 2.75) is 49.2 Å². The van der Waals surface area contributed by atoms with E-state index in [0.29, 0.717) is 5.69 Å². The van der Waals surface area contributed by atoms with Gasteiger partial charge in [-0.05, 0) is 56.2 Å². The molecular weight excluding hydrogens is 436 g/mol. The van der Waals surface area contributed by atoms with Gasteiger partial charge >= 0.3 is 5.97 Å². The van der Waals surface area contributed by atoms with Crippen LogP contribution in [0.2, 0.25) is 5.02 Å². The number of carboxylic acids is 1. The monoisotopic (exact) mass is 460 g/mol. The fourth-order valence-corrected chi connectivity index (χ4v) is 4.65. The molecule has 1 saturated carbocycles. The van der Waals surface area contributed by atoms with E-state index in [0.717, 1.165) is 36.3 Å². The Morgan fingerprint density at radius 3 is 2.45 bits per heavy atom. The third kappa shape index (κ3) is 6.48. The van der Waals surface area contributed by atoms with E-state index in [4.69, 9.17) is 16.7 Å². The van der Waals surface area contributed by atoms with Crippen molar-refractivity contribution < 1.29 is 19.5 Å². The topological polar surface area (TPSA) is 95.5 Å². The first-order chi connectivity index (χ1) is 14.8. The summed E-state index contributed by atoms with van der Waals surface area (Å²) in [6, 6.07) is 11.8. The second-order valence-electron chi connectivity index (χ2n) is 7.60. The lowest BCUT2D eigenvalue weighted by atomic mass is 9.88. The Labute approximate surface area is 190 Å². The molecule has 3 N–H and O–H groups in total. The summed E-state index contributed by atoms with van der Waals surface area (Å²) in [4.78, 5) is 37.1. The van der Waals surface area contributed by atoms with Crippen molar-refractivity contribution in [2.24, 2.45) is 5.92 Å². The van der Waals surface area contributed by atoms with Gasteiger partial charge in [0.1, 0.15) is 0 Å². The summed E-state index contributed by atoms with van der Waals surface area (Å²) in [5.74, 6) is -1.29. The molecule has 1 unspecified atom stereocenters. The number of nitrogens with one attached hydrogen (secondary N) is 2. The molecule has 0 bridgehead atoms. The van der Waals surface area contributed by atoms with E-state index in [-0.39, 0.29) is 28.3 Å². The zero-order valence-corrected chi connectivity index (χ0v) is 18.8. The standard InChI is InChI=1S/C23H25ClN2O4S/c1-14(21(27)25-17-10-11-20(24)19(13-17)23(29)30)31-18-9-5-8-16(12-18)26-22(28)15-6-3-2-4-7-15/h5,8-15H,2-4,6-7H2,1H3,(H,25,27)(H,26,28)(H,29,30). The number of rotatable bonds is 7. The van der Waals surface area contributed by atoms with Crippen LogP contribution in [-0.4, -0.2) is 28.1 Å². The Hall–Kier alpha value is -2.51. The van der Waals surface area contributed by atoms with Crippen LogP contribution in [0.4, 0.5) is 11.4 Å². The average molecular weight is 461 g/mol. The van der Waals surface area contributed by atoms with Crippen LogP contribution in [-0.2, 0) is 9.59 Å². The first-order valence-corrected chi connectivity index (χ1v) is 11.5. The number of anilines is 2. The van der Waals surface area contributed by atoms with Crippen molar-refractivity contribution in [3.8, 4) is 0 Å². The van der Waals surface area contributed by atoms with Gasteiger partial charge in [-0.2, -0.15) is 0 Å². The summed E-state index contributed by atoms with van der Waals surface area (Å²) in [6.45, 7) is 1.77. The second kappa shape index (κ2) is 10.7. The summed E-state index contributed by atoms with van der Waals surface area (Å²) in [5, 5.41) is 14.6. The minimum absolute atomic E-state index is 0.0598. The van der Waals surface area contributed by atoms with Crippen LogP contribution in [0, 0.1) is 5.92 Å². The number of carboxylic acid groups (broad SMARTS) is 1. The summed E-state index contributed by atoms with van der Waals surface area (Å²) in [6.07, 6.45) is 5.27. The molecule has 0 aliphatic heterocycles. The minimum atomic E-state index is -1.16. The zero-order valence-electron chi connectivity index (χ0n) is 17.2. The highest BCUT2D eigenvalue weighted by Gasteiger charge is 2.21. The SMILES string of the molecule is CC(Sc1cccc(NC(=O)C2CCCCC2)c1)C(=O)Nc1ccc(Cl)c(C(=O)O)c1. The Kier molecular flexibility index (Phi) is 7.98. The van der Waals surface area contributed by atoms with E-state index in [1.165, 1.54) is 30.3 Å². The predicted octanol–water partition coefficient (Wildman–Crippen LogP) is 5.68. The molecule has 164 valence electrons. The third-order valence-electron chi connectivity index (χ3n) is 5.22. The van der Waals surface area contributed by atoms with Crippen molar-refractivity contribution in [1.82, 2.24) is 0 Å². The number of thioether (sulfide) groups is 1. The molecule has 8 heteroatoms. The van der Waals surface area contributed by atoms with Crippen molar-refractivity contribution in [2.75, 3.05) is 10.6 Å².